The molecule has 0 saturated carbocycles. The fourth-order valence-corrected chi connectivity index (χ4v) is 1.70. The molecule has 0 radical (unpaired) electrons. The highest BCUT2D eigenvalue weighted by molar-refractivity contribution is 5.94. The molecule has 2 aromatic rings. The summed E-state index contributed by atoms with van der Waals surface area (Å²) in [4.78, 5) is 11.1. The molecule has 0 amide bonds. The second-order valence-electron chi connectivity index (χ2n) is 4.42. The van der Waals surface area contributed by atoms with Crippen LogP contribution in [0.2, 0.25) is 0 Å². The van der Waals surface area contributed by atoms with Crippen molar-refractivity contribution in [2.24, 2.45) is 0 Å². The van der Waals surface area contributed by atoms with Gasteiger partial charge in [0.25, 0.3) is 0 Å². The van der Waals surface area contributed by atoms with E-state index in [9.17, 15) is 4.79 Å². The number of hydrogen-bond donors (Lipinski definition) is 0. The van der Waals surface area contributed by atoms with Gasteiger partial charge in [0.2, 0.25) is 0 Å². The lowest BCUT2D eigenvalue weighted by molar-refractivity contribution is 0.101. The molecule has 0 heterocycles. The second-order valence-corrected chi connectivity index (χ2v) is 4.42. The Morgan fingerprint density at radius 1 is 0.833 bits per heavy atom. The van der Waals surface area contributed by atoms with E-state index in [4.69, 9.17) is 0 Å². The van der Waals surface area contributed by atoms with Crippen LogP contribution in [0.25, 0.3) is 12.2 Å². The first-order chi connectivity index (χ1) is 8.65. The fraction of sp³-hybridized carbons (Fsp3) is 0.118. The Morgan fingerprint density at radius 2 is 1.28 bits per heavy atom. The first kappa shape index (κ1) is 12.3. The average molecular weight is 236 g/mol. The highest BCUT2D eigenvalue weighted by atomic mass is 16.1. The summed E-state index contributed by atoms with van der Waals surface area (Å²) in [7, 11) is 0. The number of rotatable bonds is 3. The van der Waals surface area contributed by atoms with E-state index in [0.717, 1.165) is 11.1 Å². The van der Waals surface area contributed by atoms with Gasteiger partial charge in [0.1, 0.15) is 0 Å². The van der Waals surface area contributed by atoms with Crippen LogP contribution in [0.5, 0.6) is 0 Å². The molecule has 0 aliphatic rings. The molecule has 0 N–H and O–H groups in total. The van der Waals surface area contributed by atoms with Gasteiger partial charge < -0.3 is 0 Å². The van der Waals surface area contributed by atoms with Crippen molar-refractivity contribution in [1.29, 1.82) is 0 Å². The molecule has 0 saturated heterocycles. The van der Waals surface area contributed by atoms with Gasteiger partial charge in [-0.3, -0.25) is 4.79 Å². The molecule has 0 spiro atoms. The van der Waals surface area contributed by atoms with E-state index in [1.54, 1.807) is 6.92 Å². The van der Waals surface area contributed by atoms with Crippen LogP contribution in [-0.2, 0) is 0 Å². The predicted molar refractivity (Wildman–Crippen MR) is 76.6 cm³/mol. The van der Waals surface area contributed by atoms with Crippen LogP contribution in [-0.4, -0.2) is 5.78 Å². The van der Waals surface area contributed by atoms with Gasteiger partial charge in [0, 0.05) is 5.56 Å². The lowest BCUT2D eigenvalue weighted by Crippen LogP contribution is -1.90. The molecule has 0 bridgehead atoms. The molecule has 1 nitrogen and oxygen atoms in total. The molecular formula is C17H16O. The van der Waals surface area contributed by atoms with Crippen LogP contribution in [0.1, 0.15) is 34.0 Å². The number of Topliss-reactive ketones (excluding diaryl/α,β-unsaturated/α-hetero) is 1. The maximum absolute atomic E-state index is 11.1. The van der Waals surface area contributed by atoms with E-state index in [-0.39, 0.29) is 5.78 Å². The molecule has 0 aromatic heterocycles. The topological polar surface area (TPSA) is 17.1 Å². The first-order valence-electron chi connectivity index (χ1n) is 6.01. The quantitative estimate of drug-likeness (QED) is 0.571. The smallest absolute Gasteiger partial charge is 0.159 e. The number of carbonyl (C=O) groups is 1. The summed E-state index contributed by atoms with van der Waals surface area (Å²) < 4.78 is 0. The van der Waals surface area contributed by atoms with E-state index in [2.05, 4.69) is 43.3 Å². The third-order valence-corrected chi connectivity index (χ3v) is 2.86. The Labute approximate surface area is 108 Å². The maximum Gasteiger partial charge on any atom is 0.159 e. The summed E-state index contributed by atoms with van der Waals surface area (Å²) in [6, 6.07) is 16.0. The van der Waals surface area contributed by atoms with Gasteiger partial charge >= 0.3 is 0 Å². The number of hydrogen-bond acceptors (Lipinski definition) is 1. The lowest BCUT2D eigenvalue weighted by Gasteiger charge is -1.98. The van der Waals surface area contributed by atoms with Gasteiger partial charge in [-0.1, -0.05) is 66.2 Å². The lowest BCUT2D eigenvalue weighted by atomic mass is 10.1. The number of carbonyl (C=O) groups excluding carboxylic acids is 1. The van der Waals surface area contributed by atoms with Gasteiger partial charge in [-0.15, -0.1) is 0 Å². The monoisotopic (exact) mass is 236 g/mol. The van der Waals surface area contributed by atoms with Crippen LogP contribution in [0.15, 0.2) is 48.5 Å². The van der Waals surface area contributed by atoms with Crippen LogP contribution in [0.4, 0.5) is 0 Å². The second kappa shape index (κ2) is 5.46. The van der Waals surface area contributed by atoms with Crippen molar-refractivity contribution in [2.45, 2.75) is 13.8 Å². The zero-order valence-corrected chi connectivity index (χ0v) is 10.7. The standard InChI is InChI=1S/C17H16O/c1-13-3-5-15(6-4-13)7-8-16-9-11-17(12-10-16)14(2)18/h3-12H,1-2H3/b8-7+. The summed E-state index contributed by atoms with van der Waals surface area (Å²) >= 11 is 0. The van der Waals surface area contributed by atoms with Gasteiger partial charge in [0.05, 0.1) is 0 Å². The zero-order valence-electron chi connectivity index (χ0n) is 10.7. The summed E-state index contributed by atoms with van der Waals surface area (Å²) in [5.41, 5.74) is 4.29. The minimum atomic E-state index is 0.101. The van der Waals surface area contributed by atoms with E-state index in [0.29, 0.717) is 0 Å². The van der Waals surface area contributed by atoms with E-state index in [1.165, 1.54) is 11.1 Å². The molecule has 90 valence electrons. The molecule has 2 rings (SSSR count). The van der Waals surface area contributed by atoms with Gasteiger partial charge in [-0.25, -0.2) is 0 Å². The summed E-state index contributed by atoms with van der Waals surface area (Å²) in [5.74, 6) is 0.101. The molecule has 0 unspecified atom stereocenters. The van der Waals surface area contributed by atoms with E-state index >= 15 is 0 Å². The van der Waals surface area contributed by atoms with Crippen molar-refractivity contribution in [3.8, 4) is 0 Å². The Kier molecular flexibility index (Phi) is 3.73. The Morgan fingerprint density at radius 3 is 1.72 bits per heavy atom. The Balaban J connectivity index is 2.13. The van der Waals surface area contributed by atoms with Crippen LogP contribution < -0.4 is 0 Å². The minimum Gasteiger partial charge on any atom is -0.295 e. The normalized spacial score (nSPS) is 10.8. The molecular weight excluding hydrogens is 220 g/mol. The largest absolute Gasteiger partial charge is 0.295 e. The third-order valence-electron chi connectivity index (χ3n) is 2.86. The Hall–Kier alpha value is -2.15. The highest BCUT2D eigenvalue weighted by Crippen LogP contribution is 2.11. The summed E-state index contributed by atoms with van der Waals surface area (Å²) in [5, 5.41) is 0. The fourth-order valence-electron chi connectivity index (χ4n) is 1.70. The SMILES string of the molecule is CC(=O)c1ccc(/C=C/c2ccc(C)cc2)cc1. The predicted octanol–water partition coefficient (Wildman–Crippen LogP) is 4.37. The number of aryl methyl sites for hydroxylation is 1. The maximum atomic E-state index is 11.1. The molecule has 0 atom stereocenters. The summed E-state index contributed by atoms with van der Waals surface area (Å²) in [6.07, 6.45) is 4.12. The van der Waals surface area contributed by atoms with Gasteiger partial charge in [0.15, 0.2) is 5.78 Å². The van der Waals surface area contributed by atoms with Crippen LogP contribution >= 0.6 is 0 Å². The molecule has 0 aliphatic carbocycles. The Bertz CT molecular complexity index is 560. The number of benzene rings is 2. The van der Waals surface area contributed by atoms with Crippen molar-refractivity contribution < 1.29 is 4.79 Å². The van der Waals surface area contributed by atoms with Crippen molar-refractivity contribution >= 4 is 17.9 Å². The van der Waals surface area contributed by atoms with Crippen LogP contribution in [0, 0.1) is 6.92 Å². The van der Waals surface area contributed by atoms with Gasteiger partial charge in [-0.05, 0) is 25.0 Å². The molecule has 0 aliphatic heterocycles. The van der Waals surface area contributed by atoms with Crippen molar-refractivity contribution in [3.63, 3.8) is 0 Å². The van der Waals surface area contributed by atoms with E-state index in [1.807, 2.05) is 24.3 Å². The molecule has 18 heavy (non-hydrogen) atoms. The summed E-state index contributed by atoms with van der Waals surface area (Å²) in [6.45, 7) is 3.66. The van der Waals surface area contributed by atoms with Crippen LogP contribution in [0.3, 0.4) is 0 Å². The third kappa shape index (κ3) is 3.17. The van der Waals surface area contributed by atoms with Gasteiger partial charge in [-0.2, -0.15) is 0 Å². The number of ketones is 1. The molecule has 1 heteroatoms. The zero-order chi connectivity index (χ0) is 13.0. The average Bonchev–Trinajstić information content (AvgIpc) is 2.38. The molecule has 0 fully saturated rings. The minimum absolute atomic E-state index is 0.101. The van der Waals surface area contributed by atoms with Crippen molar-refractivity contribution in [1.82, 2.24) is 0 Å². The molecule has 2 aromatic carbocycles. The highest BCUT2D eigenvalue weighted by Gasteiger charge is 1.96. The van der Waals surface area contributed by atoms with Crippen molar-refractivity contribution in [2.75, 3.05) is 0 Å². The van der Waals surface area contributed by atoms with E-state index < -0.39 is 0 Å². The van der Waals surface area contributed by atoms with Crippen molar-refractivity contribution in [3.05, 3.63) is 70.8 Å². The first-order valence-corrected chi connectivity index (χ1v) is 6.01.